The molecule has 3 rings (SSSR count). The Kier molecular flexibility index (Phi) is 5.83. The quantitative estimate of drug-likeness (QED) is 0.692. The van der Waals surface area contributed by atoms with Crippen molar-refractivity contribution in [3.63, 3.8) is 0 Å². The van der Waals surface area contributed by atoms with E-state index in [9.17, 15) is 18.8 Å². The Morgan fingerprint density at radius 3 is 2.82 bits per heavy atom. The number of anilines is 2. The Hall–Kier alpha value is -3.08. The number of rotatable bonds is 6. The van der Waals surface area contributed by atoms with Crippen LogP contribution in [0, 0.1) is 17.2 Å². The minimum absolute atomic E-state index is 0.273. The van der Waals surface area contributed by atoms with Crippen molar-refractivity contribution in [2.45, 2.75) is 33.1 Å². The highest BCUT2D eigenvalue weighted by molar-refractivity contribution is 5.77. The molecule has 1 aliphatic rings. The molecule has 0 unspecified atom stereocenters. The van der Waals surface area contributed by atoms with Crippen molar-refractivity contribution in [3.8, 4) is 11.8 Å². The normalized spacial score (nSPS) is 13.4. The van der Waals surface area contributed by atoms with Crippen LogP contribution < -0.4 is 9.64 Å². The maximum atomic E-state index is 13.2. The second-order valence-corrected chi connectivity index (χ2v) is 6.97. The van der Waals surface area contributed by atoms with Crippen molar-refractivity contribution < 1.29 is 18.3 Å². The predicted octanol–water partition coefficient (Wildman–Crippen LogP) is 4.22. The van der Waals surface area contributed by atoms with Gasteiger partial charge in [-0.3, -0.25) is 4.79 Å². The van der Waals surface area contributed by atoms with Crippen molar-refractivity contribution in [2.75, 3.05) is 18.1 Å². The van der Waals surface area contributed by atoms with Gasteiger partial charge in [0.15, 0.2) is 6.29 Å². The molecular weight excluding hydrogens is 366 g/mol. The number of nitriles is 1. The van der Waals surface area contributed by atoms with Crippen LogP contribution in [0.3, 0.4) is 0 Å². The molecule has 0 aromatic carbocycles. The second-order valence-electron chi connectivity index (χ2n) is 6.97. The molecule has 6 nitrogen and oxygen atoms in total. The van der Waals surface area contributed by atoms with Gasteiger partial charge in [0, 0.05) is 18.2 Å². The van der Waals surface area contributed by atoms with E-state index >= 15 is 0 Å². The average Bonchev–Trinajstić information content (AvgIpc) is 2.70. The van der Waals surface area contributed by atoms with E-state index in [0.717, 1.165) is 6.42 Å². The molecule has 146 valence electrons. The third-order valence-electron chi connectivity index (χ3n) is 4.39. The summed E-state index contributed by atoms with van der Waals surface area (Å²) in [6.45, 7) is 5.01. The zero-order valence-corrected chi connectivity index (χ0v) is 15.7. The number of aromatic nitrogens is 2. The summed E-state index contributed by atoms with van der Waals surface area (Å²) in [7, 11) is 0. The van der Waals surface area contributed by atoms with Gasteiger partial charge in [-0.25, -0.2) is 18.7 Å². The van der Waals surface area contributed by atoms with Gasteiger partial charge in [-0.05, 0) is 30.4 Å². The lowest BCUT2D eigenvalue weighted by Gasteiger charge is -2.30. The number of fused-ring (bicyclic) bond motifs is 1. The van der Waals surface area contributed by atoms with Crippen LogP contribution in [0.2, 0.25) is 0 Å². The van der Waals surface area contributed by atoms with Crippen LogP contribution in [0.4, 0.5) is 20.4 Å². The van der Waals surface area contributed by atoms with E-state index in [1.165, 1.54) is 12.3 Å². The summed E-state index contributed by atoms with van der Waals surface area (Å²) in [5.41, 5.74) is 0.328. The van der Waals surface area contributed by atoms with Crippen LogP contribution >= 0.6 is 0 Å². The first-order valence-corrected chi connectivity index (χ1v) is 9.02. The van der Waals surface area contributed by atoms with Crippen molar-refractivity contribution in [1.29, 1.82) is 5.26 Å². The first-order valence-electron chi connectivity index (χ1n) is 9.02. The van der Waals surface area contributed by atoms with E-state index < -0.39 is 6.43 Å². The van der Waals surface area contributed by atoms with Crippen molar-refractivity contribution in [1.82, 2.24) is 9.97 Å². The number of hydrogen-bond donors (Lipinski definition) is 0. The van der Waals surface area contributed by atoms with Gasteiger partial charge >= 0.3 is 0 Å². The number of alkyl halides is 2. The van der Waals surface area contributed by atoms with E-state index in [4.69, 9.17) is 4.74 Å². The Morgan fingerprint density at radius 1 is 1.39 bits per heavy atom. The van der Waals surface area contributed by atoms with Crippen molar-refractivity contribution in [2.24, 2.45) is 5.92 Å². The van der Waals surface area contributed by atoms with E-state index in [2.05, 4.69) is 16.0 Å². The lowest BCUT2D eigenvalue weighted by Crippen LogP contribution is -2.27. The first kappa shape index (κ1) is 19.7. The SMILES string of the molecule is CC(C)COc1cc(N2CCCc3cc(C(F)F)c(C=O)nc32)ncc1C#N. The molecule has 8 heteroatoms. The van der Waals surface area contributed by atoms with E-state index in [1.807, 2.05) is 13.8 Å². The number of pyridine rings is 2. The molecule has 1 aliphatic heterocycles. The highest BCUT2D eigenvalue weighted by Gasteiger charge is 2.26. The lowest BCUT2D eigenvalue weighted by molar-refractivity contribution is 0.110. The molecule has 0 saturated heterocycles. The Labute approximate surface area is 161 Å². The van der Waals surface area contributed by atoms with E-state index in [1.54, 1.807) is 11.0 Å². The van der Waals surface area contributed by atoms with Gasteiger partial charge in [0.25, 0.3) is 6.43 Å². The maximum absolute atomic E-state index is 13.2. The fraction of sp³-hybridized carbons (Fsp3) is 0.400. The highest BCUT2D eigenvalue weighted by atomic mass is 19.3. The summed E-state index contributed by atoms with van der Waals surface area (Å²) in [6, 6.07) is 5.06. The van der Waals surface area contributed by atoms with E-state index in [-0.39, 0.29) is 17.2 Å². The molecule has 0 atom stereocenters. The van der Waals surface area contributed by atoms with E-state index in [0.29, 0.717) is 54.4 Å². The van der Waals surface area contributed by atoms with Gasteiger partial charge in [-0.15, -0.1) is 0 Å². The monoisotopic (exact) mass is 386 g/mol. The predicted molar refractivity (Wildman–Crippen MR) is 99.2 cm³/mol. The number of halogens is 2. The van der Waals surface area contributed by atoms with Gasteiger partial charge in [-0.2, -0.15) is 5.26 Å². The number of aryl methyl sites for hydroxylation is 1. The molecule has 0 bridgehead atoms. The number of nitrogens with zero attached hydrogens (tertiary/aromatic N) is 4. The standard InChI is InChI=1S/C20H20F2N4O2/c1-12(2)11-28-17-7-18(24-9-14(17)8-23)26-5-3-4-13-6-15(19(21)22)16(10-27)25-20(13)26/h6-7,9-10,12,19H,3-5,11H2,1-2H3. The average molecular weight is 386 g/mol. The summed E-state index contributed by atoms with van der Waals surface area (Å²) in [6.07, 6.45) is 0.315. The van der Waals surface area contributed by atoms with Gasteiger partial charge in [0.2, 0.25) is 0 Å². The topological polar surface area (TPSA) is 79.1 Å². The fourth-order valence-electron chi connectivity index (χ4n) is 3.05. The smallest absolute Gasteiger partial charge is 0.266 e. The number of carbonyl (C=O) groups is 1. The van der Waals surface area contributed by atoms with Gasteiger partial charge < -0.3 is 9.64 Å². The molecule has 0 radical (unpaired) electrons. The third-order valence-corrected chi connectivity index (χ3v) is 4.39. The lowest BCUT2D eigenvalue weighted by atomic mass is 10.0. The van der Waals surface area contributed by atoms with Gasteiger partial charge in [0.05, 0.1) is 12.8 Å². The molecule has 0 N–H and O–H groups in total. The summed E-state index contributed by atoms with van der Waals surface area (Å²) in [5, 5.41) is 9.29. The second kappa shape index (κ2) is 8.30. The Morgan fingerprint density at radius 2 is 2.18 bits per heavy atom. The number of hydrogen-bond acceptors (Lipinski definition) is 6. The molecule has 3 heterocycles. The summed E-state index contributed by atoms with van der Waals surface area (Å²) in [4.78, 5) is 21.5. The Balaban J connectivity index is 2.03. The zero-order chi connectivity index (χ0) is 20.3. The minimum atomic E-state index is -2.77. The molecule has 2 aromatic heterocycles. The largest absolute Gasteiger partial charge is 0.492 e. The molecule has 2 aromatic rings. The zero-order valence-electron chi connectivity index (χ0n) is 15.7. The van der Waals surface area contributed by atoms with Crippen molar-refractivity contribution >= 4 is 17.9 Å². The van der Waals surface area contributed by atoms with Crippen LogP contribution in [-0.4, -0.2) is 29.4 Å². The maximum Gasteiger partial charge on any atom is 0.266 e. The summed E-state index contributed by atoms with van der Waals surface area (Å²) in [5.74, 6) is 1.62. The molecule has 28 heavy (non-hydrogen) atoms. The molecule has 0 aliphatic carbocycles. The van der Waals surface area contributed by atoms with Gasteiger partial charge in [0.1, 0.15) is 34.7 Å². The number of carbonyl (C=O) groups excluding carboxylic acids is 1. The van der Waals surface area contributed by atoms with Crippen molar-refractivity contribution in [3.05, 3.63) is 40.7 Å². The number of ether oxygens (including phenoxy) is 1. The number of aldehydes is 1. The third kappa shape index (κ3) is 3.93. The van der Waals surface area contributed by atoms with Crippen LogP contribution in [0.15, 0.2) is 18.3 Å². The van der Waals surface area contributed by atoms with Crippen LogP contribution in [-0.2, 0) is 6.42 Å². The molecule has 0 amide bonds. The molecule has 0 spiro atoms. The molecular formula is C20H20F2N4O2. The first-order chi connectivity index (χ1) is 13.4. The summed E-state index contributed by atoms with van der Waals surface area (Å²) >= 11 is 0. The Bertz CT molecular complexity index is 925. The summed E-state index contributed by atoms with van der Waals surface area (Å²) < 4.78 is 32.2. The van der Waals surface area contributed by atoms with Crippen LogP contribution in [0.25, 0.3) is 0 Å². The van der Waals surface area contributed by atoms with Crippen LogP contribution in [0.1, 0.15) is 53.9 Å². The van der Waals surface area contributed by atoms with Crippen LogP contribution in [0.5, 0.6) is 5.75 Å². The highest BCUT2D eigenvalue weighted by Crippen LogP contribution is 2.36. The van der Waals surface area contributed by atoms with Gasteiger partial charge in [-0.1, -0.05) is 13.8 Å². The fourth-order valence-corrected chi connectivity index (χ4v) is 3.05. The minimum Gasteiger partial charge on any atom is -0.492 e. The molecule has 0 saturated carbocycles. The molecule has 0 fully saturated rings.